The van der Waals surface area contributed by atoms with E-state index >= 15 is 0 Å². The molecule has 1 aliphatic heterocycles. The monoisotopic (exact) mass is 653 g/mol. The molecule has 0 saturated heterocycles. The Kier molecular flexibility index (Phi) is 6.81. The van der Waals surface area contributed by atoms with E-state index in [4.69, 9.17) is 9.47 Å². The molecule has 9 aromatic rings. The van der Waals surface area contributed by atoms with Crippen LogP contribution in [0.1, 0.15) is 0 Å². The Hall–Kier alpha value is -6.84. The van der Waals surface area contributed by atoms with Gasteiger partial charge in [-0.1, -0.05) is 127 Å². The maximum Gasteiger partial charge on any atom is 0.136 e. The van der Waals surface area contributed by atoms with Gasteiger partial charge in [0.15, 0.2) is 0 Å². The minimum absolute atomic E-state index is 0.765. The molecule has 0 saturated carbocycles. The van der Waals surface area contributed by atoms with Crippen molar-refractivity contribution < 1.29 is 9.47 Å². The standard InChI is InChI=1S/C48H31NO2/c1-3-14-32(15-4-1)36-21-13-25-46-48(36)40-20-9-12-24-45(40)50-44-23-11-8-19-38(44)39-28-26-34(31-47(39)51-46)33-27-29-43-41(30-33)37-18-7-10-22-42(37)49(43)35-16-5-2-6-17-35/h1-31H. The van der Waals surface area contributed by atoms with Crippen molar-refractivity contribution in [2.75, 3.05) is 0 Å². The molecule has 0 spiro atoms. The summed E-state index contributed by atoms with van der Waals surface area (Å²) in [7, 11) is 0. The largest absolute Gasteiger partial charge is 0.456 e. The first kappa shape index (κ1) is 29.1. The van der Waals surface area contributed by atoms with Crippen LogP contribution in [-0.2, 0) is 0 Å². The van der Waals surface area contributed by atoms with Crippen LogP contribution < -0.4 is 9.47 Å². The fourth-order valence-corrected chi connectivity index (χ4v) is 7.55. The first-order valence-corrected chi connectivity index (χ1v) is 17.3. The molecule has 1 aromatic heterocycles. The lowest BCUT2D eigenvalue weighted by molar-refractivity contribution is 0.472. The highest BCUT2D eigenvalue weighted by molar-refractivity contribution is 6.10. The van der Waals surface area contributed by atoms with Gasteiger partial charge >= 0.3 is 0 Å². The van der Waals surface area contributed by atoms with Crippen LogP contribution in [0.4, 0.5) is 0 Å². The van der Waals surface area contributed by atoms with Gasteiger partial charge in [0.1, 0.15) is 23.0 Å². The van der Waals surface area contributed by atoms with Gasteiger partial charge in [-0.3, -0.25) is 0 Å². The third kappa shape index (κ3) is 4.90. The maximum absolute atomic E-state index is 7.12. The van der Waals surface area contributed by atoms with Crippen LogP contribution in [0.5, 0.6) is 23.0 Å². The molecule has 0 atom stereocenters. The highest BCUT2D eigenvalue weighted by Gasteiger charge is 2.23. The summed E-state index contributed by atoms with van der Waals surface area (Å²) < 4.78 is 16.3. The Morgan fingerprint density at radius 2 is 0.882 bits per heavy atom. The average Bonchev–Trinajstić information content (AvgIpc) is 3.53. The number of rotatable bonds is 3. The summed E-state index contributed by atoms with van der Waals surface area (Å²) in [5, 5.41) is 2.43. The topological polar surface area (TPSA) is 23.4 Å². The summed E-state index contributed by atoms with van der Waals surface area (Å²) in [5.41, 5.74) is 11.8. The second kappa shape index (κ2) is 11.9. The lowest BCUT2D eigenvalue weighted by Crippen LogP contribution is -1.99. The molecule has 0 amide bonds. The van der Waals surface area contributed by atoms with Crippen molar-refractivity contribution in [3.63, 3.8) is 0 Å². The second-order valence-electron chi connectivity index (χ2n) is 12.9. The van der Waals surface area contributed by atoms with Crippen molar-refractivity contribution in [3.8, 4) is 73.2 Å². The zero-order valence-electron chi connectivity index (χ0n) is 27.7. The molecule has 8 aromatic carbocycles. The minimum Gasteiger partial charge on any atom is -0.456 e. The maximum atomic E-state index is 7.12. The number of ether oxygens (including phenoxy) is 2. The minimum atomic E-state index is 0.765. The fraction of sp³-hybridized carbons (Fsp3) is 0. The molecule has 2 heterocycles. The Labute approximate surface area is 296 Å². The zero-order valence-corrected chi connectivity index (χ0v) is 27.7. The molecule has 240 valence electrons. The van der Waals surface area contributed by atoms with Gasteiger partial charge in [-0.2, -0.15) is 0 Å². The molecule has 0 aliphatic carbocycles. The van der Waals surface area contributed by atoms with Crippen molar-refractivity contribution in [2.24, 2.45) is 0 Å². The smallest absolute Gasteiger partial charge is 0.136 e. The van der Waals surface area contributed by atoms with Crippen LogP contribution in [-0.4, -0.2) is 4.57 Å². The normalized spacial score (nSPS) is 11.8. The van der Waals surface area contributed by atoms with Crippen LogP contribution in [0.3, 0.4) is 0 Å². The fourth-order valence-electron chi connectivity index (χ4n) is 7.55. The molecular formula is C48H31NO2. The quantitative estimate of drug-likeness (QED) is 0.189. The van der Waals surface area contributed by atoms with Gasteiger partial charge in [0.25, 0.3) is 0 Å². The van der Waals surface area contributed by atoms with E-state index in [1.807, 2.05) is 30.3 Å². The first-order chi connectivity index (χ1) is 25.3. The molecule has 3 heteroatoms. The summed E-state index contributed by atoms with van der Waals surface area (Å²) in [6.07, 6.45) is 0. The van der Waals surface area contributed by atoms with E-state index in [0.29, 0.717) is 0 Å². The molecule has 0 unspecified atom stereocenters. The number of nitrogens with zero attached hydrogens (tertiary/aromatic N) is 1. The van der Waals surface area contributed by atoms with Gasteiger partial charge in [0.05, 0.1) is 11.0 Å². The molecule has 0 bridgehead atoms. The zero-order chi connectivity index (χ0) is 33.7. The highest BCUT2D eigenvalue weighted by atomic mass is 16.5. The van der Waals surface area contributed by atoms with E-state index in [2.05, 4.69) is 162 Å². The van der Waals surface area contributed by atoms with E-state index in [1.54, 1.807) is 0 Å². The second-order valence-corrected chi connectivity index (χ2v) is 12.9. The van der Waals surface area contributed by atoms with Crippen LogP contribution in [0.15, 0.2) is 188 Å². The molecule has 10 rings (SSSR count). The van der Waals surface area contributed by atoms with E-state index < -0.39 is 0 Å². The molecule has 51 heavy (non-hydrogen) atoms. The molecule has 0 fully saturated rings. The molecular weight excluding hydrogens is 623 g/mol. The van der Waals surface area contributed by atoms with Crippen molar-refractivity contribution >= 4 is 21.8 Å². The number of hydrogen-bond acceptors (Lipinski definition) is 2. The van der Waals surface area contributed by atoms with E-state index in [0.717, 1.165) is 73.2 Å². The number of hydrogen-bond donors (Lipinski definition) is 0. The Bertz CT molecular complexity index is 2740. The third-order valence-corrected chi connectivity index (χ3v) is 9.89. The van der Waals surface area contributed by atoms with E-state index in [9.17, 15) is 0 Å². The van der Waals surface area contributed by atoms with Gasteiger partial charge in [-0.05, 0) is 82.9 Å². The SMILES string of the molecule is c1ccc(-c2cccc3c2-c2ccccc2Oc2ccccc2-c2ccc(-c4ccc5c(c4)c4ccccc4n5-c4ccccc4)cc2O3)cc1. The van der Waals surface area contributed by atoms with Crippen LogP contribution in [0, 0.1) is 0 Å². The molecule has 0 radical (unpaired) electrons. The van der Waals surface area contributed by atoms with E-state index in [-0.39, 0.29) is 0 Å². The number of para-hydroxylation sites is 4. The number of benzene rings is 8. The average molecular weight is 654 g/mol. The Morgan fingerprint density at radius 3 is 1.73 bits per heavy atom. The predicted octanol–water partition coefficient (Wildman–Crippen LogP) is 13.3. The van der Waals surface area contributed by atoms with Crippen molar-refractivity contribution in [3.05, 3.63) is 188 Å². The van der Waals surface area contributed by atoms with Crippen LogP contribution in [0.2, 0.25) is 0 Å². The Morgan fingerprint density at radius 1 is 0.314 bits per heavy atom. The van der Waals surface area contributed by atoms with Gasteiger partial charge in [-0.25, -0.2) is 0 Å². The van der Waals surface area contributed by atoms with Gasteiger partial charge < -0.3 is 14.0 Å². The summed E-state index contributed by atoms with van der Waals surface area (Å²) in [4.78, 5) is 0. The summed E-state index contributed by atoms with van der Waals surface area (Å²) in [6, 6.07) is 65.7. The van der Waals surface area contributed by atoms with Gasteiger partial charge in [-0.15, -0.1) is 0 Å². The summed E-state index contributed by atoms with van der Waals surface area (Å²) in [6.45, 7) is 0. The first-order valence-electron chi connectivity index (χ1n) is 17.3. The number of fused-ring (bicyclic) bond motifs is 9. The molecule has 3 nitrogen and oxygen atoms in total. The van der Waals surface area contributed by atoms with Crippen molar-refractivity contribution in [1.82, 2.24) is 4.57 Å². The van der Waals surface area contributed by atoms with Crippen LogP contribution in [0.25, 0.3) is 72.0 Å². The lowest BCUT2D eigenvalue weighted by Gasteiger charge is -2.23. The predicted molar refractivity (Wildman–Crippen MR) is 209 cm³/mol. The Balaban J connectivity index is 1.19. The lowest BCUT2D eigenvalue weighted by atomic mass is 9.92. The van der Waals surface area contributed by atoms with Gasteiger partial charge in [0, 0.05) is 38.7 Å². The third-order valence-electron chi connectivity index (χ3n) is 9.89. The number of aromatic nitrogens is 1. The van der Waals surface area contributed by atoms with Crippen molar-refractivity contribution in [1.29, 1.82) is 0 Å². The van der Waals surface area contributed by atoms with Crippen LogP contribution >= 0.6 is 0 Å². The summed E-state index contributed by atoms with van der Waals surface area (Å²) >= 11 is 0. The van der Waals surface area contributed by atoms with Gasteiger partial charge in [0.2, 0.25) is 0 Å². The molecule has 0 N–H and O–H groups in total. The summed E-state index contributed by atoms with van der Waals surface area (Å²) in [5.74, 6) is 3.09. The van der Waals surface area contributed by atoms with Crippen molar-refractivity contribution in [2.45, 2.75) is 0 Å². The molecule has 1 aliphatic rings. The highest BCUT2D eigenvalue weighted by Crippen LogP contribution is 2.50. The van der Waals surface area contributed by atoms with E-state index in [1.165, 1.54) is 21.8 Å².